The number of pyridine rings is 1. The average Bonchev–Trinajstić information content (AvgIpc) is 0.681. The number of aromatic nitrogens is 7. The summed E-state index contributed by atoms with van der Waals surface area (Å²) in [6, 6.07) is 138. The monoisotopic (exact) mass is 1550 g/mol. The van der Waals surface area contributed by atoms with Crippen LogP contribution in [0.2, 0.25) is 0 Å². The normalized spacial score (nSPS) is 14.3. The van der Waals surface area contributed by atoms with Crippen LogP contribution in [0.5, 0.6) is 0 Å². The molecule has 0 saturated heterocycles. The summed E-state index contributed by atoms with van der Waals surface area (Å²) in [5, 5.41) is 0. The second kappa shape index (κ2) is 28.0. The fourth-order valence-corrected chi connectivity index (χ4v) is 21.7. The second-order valence-electron chi connectivity index (χ2n) is 32.2. The molecule has 118 heavy (non-hydrogen) atoms. The summed E-state index contributed by atoms with van der Waals surface area (Å²) in [6.45, 7) is 9.51. The van der Waals surface area contributed by atoms with Crippen molar-refractivity contribution in [3.8, 4) is 124 Å². The van der Waals surface area contributed by atoms with Gasteiger partial charge in [0.05, 0.1) is 22.2 Å². The van der Waals surface area contributed by atoms with E-state index in [9.17, 15) is 0 Å². The Morgan fingerprint density at radius 1 is 0.169 bits per heavy atom. The molecule has 0 saturated carbocycles. The first kappa shape index (κ1) is 70.8. The number of benzene rings is 15. The van der Waals surface area contributed by atoms with E-state index in [-0.39, 0.29) is 10.8 Å². The number of nitrogens with zero attached hydrogens (tertiary/aromatic N) is 7. The molecule has 0 atom stereocenters. The highest BCUT2D eigenvalue weighted by atomic mass is 32.2. The van der Waals surface area contributed by atoms with Crippen LogP contribution < -0.4 is 0 Å². The molecule has 0 N–H and O–H groups in total. The van der Waals surface area contributed by atoms with Crippen molar-refractivity contribution in [3.63, 3.8) is 0 Å². The topological polar surface area (TPSA) is 90.2 Å². The Bertz CT molecular complexity index is 6990. The molecule has 0 radical (unpaired) electrons. The summed E-state index contributed by atoms with van der Waals surface area (Å²) in [4.78, 5) is 42.2. The highest BCUT2D eigenvalue weighted by Crippen LogP contribution is 2.64. The van der Waals surface area contributed by atoms with Crippen LogP contribution in [0.4, 0.5) is 0 Å². The van der Waals surface area contributed by atoms with E-state index >= 15 is 0 Å². The second-order valence-corrected chi connectivity index (χ2v) is 34.3. The zero-order valence-corrected chi connectivity index (χ0v) is 67.0. The van der Waals surface area contributed by atoms with Crippen molar-refractivity contribution >= 4 is 23.5 Å². The molecular weight excluding hydrogens is 1470 g/mol. The average molecular weight is 1550 g/mol. The Morgan fingerprint density at radius 2 is 0.475 bits per heavy atom. The van der Waals surface area contributed by atoms with E-state index in [0.717, 1.165) is 89.3 Å². The van der Waals surface area contributed by atoms with Crippen LogP contribution in [-0.2, 0) is 21.7 Å². The molecular formula is C109H75N7S2. The molecule has 2 spiro atoms. The minimum absolute atomic E-state index is 0.185. The minimum atomic E-state index is -0.528. The first-order chi connectivity index (χ1) is 57.9. The van der Waals surface area contributed by atoms with Crippen LogP contribution in [0.3, 0.4) is 0 Å². The molecule has 2 aliphatic heterocycles. The van der Waals surface area contributed by atoms with Gasteiger partial charge in [-0.05, 0) is 161 Å². The summed E-state index contributed by atoms with van der Waals surface area (Å²) in [5.41, 5.74) is 29.9. The number of fused-ring (bicyclic) bond motifs is 16. The van der Waals surface area contributed by atoms with Crippen LogP contribution in [0.25, 0.3) is 124 Å². The smallest absolute Gasteiger partial charge is 0.164 e. The lowest BCUT2D eigenvalue weighted by Crippen LogP contribution is -2.43. The molecule has 0 fully saturated rings. The highest BCUT2D eigenvalue weighted by molar-refractivity contribution is 7.99. The maximum absolute atomic E-state index is 5.42. The predicted octanol–water partition coefficient (Wildman–Crippen LogP) is 26.8. The SMILES string of the molecule is CC1(C)c2ccccc2C2(c3ccccc3Sc3cc(-c4cccc(-c5nc(-c6ccccc6)nc(-c6cccc(-c7cccc(-c8cccc(-c9ccccc9-c9nc(-c%10ccccc%10)nc(-c%10ccc(-c%11ccc%12c(c%11)C%11(c%13ccccc%13S%12)c%12ccccc%12C(C)(C)c%12ccccc%12%11)cc%10)n9)c8)n7)c6)n5)c4)ccc32)c2ccccc21. The summed E-state index contributed by atoms with van der Waals surface area (Å²) in [5.74, 6) is 3.48. The molecule has 18 aromatic rings. The molecule has 3 aromatic heterocycles. The third-order valence-corrected chi connectivity index (χ3v) is 27.2. The van der Waals surface area contributed by atoms with Crippen molar-refractivity contribution in [2.45, 2.75) is 68.9 Å². The molecule has 0 bridgehead atoms. The molecule has 2 aliphatic carbocycles. The van der Waals surface area contributed by atoms with Gasteiger partial charge in [0.2, 0.25) is 0 Å². The van der Waals surface area contributed by atoms with E-state index in [2.05, 4.69) is 373 Å². The fourth-order valence-electron chi connectivity index (χ4n) is 19.3. The predicted molar refractivity (Wildman–Crippen MR) is 480 cm³/mol. The zero-order chi connectivity index (χ0) is 78.9. The summed E-state index contributed by atoms with van der Waals surface area (Å²) in [7, 11) is 0. The number of hydrogen-bond donors (Lipinski definition) is 0. The van der Waals surface area contributed by atoms with Crippen LogP contribution >= 0.6 is 23.5 Å². The van der Waals surface area contributed by atoms with Crippen LogP contribution in [0.1, 0.15) is 94.5 Å². The van der Waals surface area contributed by atoms with Crippen molar-refractivity contribution in [1.82, 2.24) is 34.9 Å². The van der Waals surface area contributed by atoms with Gasteiger partial charge in [-0.2, -0.15) is 0 Å². The Kier molecular flexibility index (Phi) is 16.8. The first-order valence-electron chi connectivity index (χ1n) is 40.3. The number of rotatable bonds is 11. The lowest BCUT2D eigenvalue weighted by Gasteiger charge is -2.50. The molecule has 5 heterocycles. The molecule has 558 valence electrons. The van der Waals surface area contributed by atoms with Gasteiger partial charge < -0.3 is 0 Å². The lowest BCUT2D eigenvalue weighted by atomic mass is 9.54. The van der Waals surface area contributed by atoms with Crippen molar-refractivity contribution in [2.24, 2.45) is 0 Å². The quantitative estimate of drug-likeness (QED) is 0.126. The van der Waals surface area contributed by atoms with Gasteiger partial charge in [0.25, 0.3) is 0 Å². The van der Waals surface area contributed by atoms with Crippen LogP contribution in [-0.4, -0.2) is 34.9 Å². The standard InChI is InChI=1S/C109H75N7S2/c1-106(2)82-41-13-17-45-86(82)108(87-46-18-14-42-83(87)106)90-49-21-24-54-97(90)118-99-67-74(59-61-92(99)108)72-33-25-37-78(63-72)103-112-100(69-29-7-5-8-30-69)113-104(114-103)79-38-27-36-77(65-79)95-52-28-51-94(110-95)76-35-26-34-75(64-76)80-39-11-12-40-81(80)105-115-101(70-31-9-6-10-32-70)111-102(116-105)71-57-55-68(56-58-71)73-60-62-98-93(66-73)109(91-50-22-23-53-96(91)117-98)88-47-19-15-43-84(88)107(3,4)85-44-16-20-48-89(85)109/h5-67H,1-4H3. The van der Waals surface area contributed by atoms with Crippen LogP contribution in [0, 0.1) is 0 Å². The first-order valence-corrected chi connectivity index (χ1v) is 41.9. The van der Waals surface area contributed by atoms with Gasteiger partial charge in [-0.3, -0.25) is 0 Å². The third-order valence-electron chi connectivity index (χ3n) is 24.9. The van der Waals surface area contributed by atoms with E-state index < -0.39 is 10.8 Å². The minimum Gasteiger partial charge on any atom is -0.248 e. The van der Waals surface area contributed by atoms with Gasteiger partial charge >= 0.3 is 0 Å². The number of hydrogen-bond acceptors (Lipinski definition) is 9. The van der Waals surface area contributed by atoms with E-state index in [1.165, 1.54) is 86.3 Å². The van der Waals surface area contributed by atoms with E-state index in [4.69, 9.17) is 34.9 Å². The van der Waals surface area contributed by atoms with E-state index in [0.29, 0.717) is 34.9 Å². The molecule has 15 aromatic carbocycles. The molecule has 9 heteroatoms. The fraction of sp³-hybridized carbons (Fsp3) is 0.0734. The molecule has 22 rings (SSSR count). The molecule has 0 amide bonds. The van der Waals surface area contributed by atoms with Crippen molar-refractivity contribution in [2.75, 3.05) is 0 Å². The van der Waals surface area contributed by atoms with Gasteiger partial charge in [0, 0.05) is 74.9 Å². The molecule has 4 aliphatic rings. The maximum atomic E-state index is 5.42. The van der Waals surface area contributed by atoms with Gasteiger partial charge in [-0.1, -0.05) is 373 Å². The summed E-state index contributed by atoms with van der Waals surface area (Å²) < 4.78 is 0. The van der Waals surface area contributed by atoms with E-state index in [1.807, 2.05) is 59.9 Å². The maximum Gasteiger partial charge on any atom is 0.164 e. The third kappa shape index (κ3) is 11.4. The van der Waals surface area contributed by atoms with E-state index in [1.54, 1.807) is 0 Å². The van der Waals surface area contributed by atoms with Crippen molar-refractivity contribution in [1.29, 1.82) is 0 Å². The summed E-state index contributed by atoms with van der Waals surface area (Å²) in [6.07, 6.45) is 0. The Hall–Kier alpha value is -13.8. The van der Waals surface area contributed by atoms with Gasteiger partial charge in [0.15, 0.2) is 34.9 Å². The van der Waals surface area contributed by atoms with Gasteiger partial charge in [0.1, 0.15) is 0 Å². The van der Waals surface area contributed by atoms with Crippen LogP contribution in [0.15, 0.2) is 402 Å². The lowest BCUT2D eigenvalue weighted by molar-refractivity contribution is 0.549. The largest absolute Gasteiger partial charge is 0.248 e. The van der Waals surface area contributed by atoms with Gasteiger partial charge in [-0.15, -0.1) is 0 Å². The Balaban J connectivity index is 0.575. The molecule has 0 unspecified atom stereocenters. The Labute approximate surface area is 695 Å². The molecule has 7 nitrogen and oxygen atoms in total. The Morgan fingerprint density at radius 3 is 0.992 bits per heavy atom. The highest BCUT2D eigenvalue weighted by Gasteiger charge is 2.54. The van der Waals surface area contributed by atoms with Gasteiger partial charge in [-0.25, -0.2) is 34.9 Å². The van der Waals surface area contributed by atoms with Crippen molar-refractivity contribution in [3.05, 3.63) is 449 Å². The summed E-state index contributed by atoms with van der Waals surface area (Å²) >= 11 is 3.73. The van der Waals surface area contributed by atoms with Crippen molar-refractivity contribution < 1.29 is 0 Å². The zero-order valence-electron chi connectivity index (χ0n) is 65.3.